The molecule has 0 saturated heterocycles. The molecule has 14 heavy (non-hydrogen) atoms. The molecule has 1 N–H and O–H groups in total. The van der Waals surface area contributed by atoms with Gasteiger partial charge >= 0.3 is 0 Å². The fraction of sp³-hybridized carbons (Fsp3) is 0.300. The van der Waals surface area contributed by atoms with Crippen molar-refractivity contribution >= 4 is 5.91 Å². The van der Waals surface area contributed by atoms with Crippen LogP contribution in [0.1, 0.15) is 6.92 Å². The Labute approximate surface area is 81.9 Å². The predicted molar refractivity (Wildman–Crippen MR) is 50.6 cm³/mol. The van der Waals surface area contributed by atoms with Crippen molar-refractivity contribution in [2.75, 3.05) is 7.05 Å². The average molecular weight is 197 g/mol. The number of likely N-dealkylation sites (N-methyl/N-ethyl adjacent to an activating group) is 1. The fourth-order valence-electron chi connectivity index (χ4n) is 0.974. The van der Waals surface area contributed by atoms with Gasteiger partial charge in [0, 0.05) is 7.05 Å². The van der Waals surface area contributed by atoms with Crippen molar-refractivity contribution < 1.29 is 13.9 Å². The van der Waals surface area contributed by atoms with Gasteiger partial charge in [-0.05, 0) is 31.2 Å². The van der Waals surface area contributed by atoms with Gasteiger partial charge in [0.2, 0.25) is 0 Å². The number of ether oxygens (including phenoxy) is 1. The molecule has 0 spiro atoms. The largest absolute Gasteiger partial charge is 0.481 e. The summed E-state index contributed by atoms with van der Waals surface area (Å²) < 4.78 is 17.8. The molecule has 1 amide bonds. The molecule has 0 bridgehead atoms. The summed E-state index contributed by atoms with van der Waals surface area (Å²) in [6.07, 6.45) is -0.578. The van der Waals surface area contributed by atoms with Gasteiger partial charge in [-0.1, -0.05) is 0 Å². The van der Waals surface area contributed by atoms with Crippen LogP contribution in [-0.4, -0.2) is 19.1 Å². The lowest BCUT2D eigenvalue weighted by Gasteiger charge is -2.12. The lowest BCUT2D eigenvalue weighted by Crippen LogP contribution is -2.33. The zero-order valence-corrected chi connectivity index (χ0v) is 8.08. The van der Waals surface area contributed by atoms with Crippen LogP contribution in [0.5, 0.6) is 5.75 Å². The standard InChI is InChI=1S/C10H12FNO2/c1-7(10(13)12-2)14-9-5-3-8(11)4-6-9/h3-7H,1-2H3,(H,12,13)/t7-/m0/s1. The second-order valence-electron chi connectivity index (χ2n) is 2.83. The van der Waals surface area contributed by atoms with E-state index in [0.29, 0.717) is 5.75 Å². The molecule has 1 aromatic rings. The van der Waals surface area contributed by atoms with E-state index in [1.807, 2.05) is 0 Å². The highest BCUT2D eigenvalue weighted by atomic mass is 19.1. The zero-order chi connectivity index (χ0) is 10.6. The molecule has 4 heteroatoms. The molecule has 0 fully saturated rings. The molecule has 1 atom stereocenters. The third-order valence-electron chi connectivity index (χ3n) is 1.74. The highest BCUT2D eigenvalue weighted by molar-refractivity contribution is 5.80. The lowest BCUT2D eigenvalue weighted by molar-refractivity contribution is -0.126. The van der Waals surface area contributed by atoms with E-state index >= 15 is 0 Å². The Balaban J connectivity index is 2.60. The number of hydrogen-bond acceptors (Lipinski definition) is 2. The van der Waals surface area contributed by atoms with E-state index in [-0.39, 0.29) is 11.7 Å². The average Bonchev–Trinajstić information content (AvgIpc) is 2.20. The summed E-state index contributed by atoms with van der Waals surface area (Å²) in [4.78, 5) is 11.1. The summed E-state index contributed by atoms with van der Waals surface area (Å²) in [6, 6.07) is 5.53. The van der Waals surface area contributed by atoms with Crippen LogP contribution in [0.4, 0.5) is 4.39 Å². The third-order valence-corrected chi connectivity index (χ3v) is 1.74. The second-order valence-corrected chi connectivity index (χ2v) is 2.83. The first kappa shape index (κ1) is 10.5. The van der Waals surface area contributed by atoms with Gasteiger partial charge in [0.1, 0.15) is 11.6 Å². The van der Waals surface area contributed by atoms with Crippen molar-refractivity contribution in [3.63, 3.8) is 0 Å². The van der Waals surface area contributed by atoms with Crippen molar-refractivity contribution in [2.24, 2.45) is 0 Å². The molecule has 3 nitrogen and oxygen atoms in total. The lowest BCUT2D eigenvalue weighted by atomic mass is 10.3. The smallest absolute Gasteiger partial charge is 0.260 e. The first-order valence-corrected chi connectivity index (χ1v) is 4.27. The van der Waals surface area contributed by atoms with Gasteiger partial charge in [-0.15, -0.1) is 0 Å². The Morgan fingerprint density at radius 3 is 2.50 bits per heavy atom. The number of benzene rings is 1. The fourth-order valence-corrected chi connectivity index (χ4v) is 0.974. The van der Waals surface area contributed by atoms with Gasteiger partial charge in [0.15, 0.2) is 6.10 Å². The molecule has 1 aromatic carbocycles. The van der Waals surface area contributed by atoms with Crippen molar-refractivity contribution in [3.8, 4) is 5.75 Å². The summed E-state index contributed by atoms with van der Waals surface area (Å²) in [5.41, 5.74) is 0. The molecular formula is C10H12FNO2. The van der Waals surface area contributed by atoms with Crippen LogP contribution in [0, 0.1) is 5.82 Å². The topological polar surface area (TPSA) is 38.3 Å². The van der Waals surface area contributed by atoms with E-state index in [0.717, 1.165) is 0 Å². The van der Waals surface area contributed by atoms with Gasteiger partial charge in [-0.2, -0.15) is 0 Å². The Bertz CT molecular complexity index is 310. The highest BCUT2D eigenvalue weighted by Crippen LogP contribution is 2.12. The van der Waals surface area contributed by atoms with Gasteiger partial charge in [0.25, 0.3) is 5.91 Å². The molecule has 0 heterocycles. The normalized spacial score (nSPS) is 11.9. The summed E-state index contributed by atoms with van der Waals surface area (Å²) >= 11 is 0. The van der Waals surface area contributed by atoms with Crippen molar-refractivity contribution in [1.29, 1.82) is 0 Å². The van der Waals surface area contributed by atoms with E-state index in [4.69, 9.17) is 4.74 Å². The number of nitrogens with one attached hydrogen (secondary N) is 1. The number of amides is 1. The van der Waals surface area contributed by atoms with Gasteiger partial charge in [-0.3, -0.25) is 4.79 Å². The highest BCUT2D eigenvalue weighted by Gasteiger charge is 2.11. The number of carbonyl (C=O) groups is 1. The maximum Gasteiger partial charge on any atom is 0.260 e. The van der Waals surface area contributed by atoms with E-state index in [9.17, 15) is 9.18 Å². The first-order chi connectivity index (χ1) is 6.63. The zero-order valence-electron chi connectivity index (χ0n) is 8.08. The van der Waals surface area contributed by atoms with Gasteiger partial charge in [-0.25, -0.2) is 4.39 Å². The predicted octanol–water partition coefficient (Wildman–Crippen LogP) is 1.34. The summed E-state index contributed by atoms with van der Waals surface area (Å²) in [5.74, 6) is -0.0678. The van der Waals surface area contributed by atoms with E-state index in [1.54, 1.807) is 6.92 Å². The Kier molecular flexibility index (Phi) is 3.45. The molecule has 0 aliphatic heterocycles. The van der Waals surface area contributed by atoms with E-state index in [2.05, 4.69) is 5.32 Å². The molecule has 0 saturated carbocycles. The van der Waals surface area contributed by atoms with Crippen LogP contribution in [0.15, 0.2) is 24.3 Å². The number of carbonyl (C=O) groups excluding carboxylic acids is 1. The molecular weight excluding hydrogens is 185 g/mol. The van der Waals surface area contributed by atoms with Crippen LogP contribution in [0.3, 0.4) is 0 Å². The minimum Gasteiger partial charge on any atom is -0.481 e. The monoisotopic (exact) mass is 197 g/mol. The molecule has 76 valence electrons. The number of hydrogen-bond donors (Lipinski definition) is 1. The van der Waals surface area contributed by atoms with Gasteiger partial charge in [0.05, 0.1) is 0 Å². The van der Waals surface area contributed by atoms with E-state index < -0.39 is 6.10 Å². The quantitative estimate of drug-likeness (QED) is 0.794. The van der Waals surface area contributed by atoms with Crippen molar-refractivity contribution in [1.82, 2.24) is 5.32 Å². The maximum absolute atomic E-state index is 12.5. The molecule has 0 radical (unpaired) electrons. The Morgan fingerprint density at radius 1 is 1.43 bits per heavy atom. The minimum absolute atomic E-state index is 0.214. The summed E-state index contributed by atoms with van der Waals surface area (Å²) in [7, 11) is 1.53. The van der Waals surface area contributed by atoms with Crippen LogP contribution in [-0.2, 0) is 4.79 Å². The number of halogens is 1. The summed E-state index contributed by atoms with van der Waals surface area (Å²) in [6.45, 7) is 1.63. The Hall–Kier alpha value is -1.58. The maximum atomic E-state index is 12.5. The number of rotatable bonds is 3. The van der Waals surface area contributed by atoms with Crippen molar-refractivity contribution in [3.05, 3.63) is 30.1 Å². The second kappa shape index (κ2) is 4.60. The van der Waals surface area contributed by atoms with Crippen LogP contribution >= 0.6 is 0 Å². The molecule has 0 aliphatic rings. The Morgan fingerprint density at radius 2 is 2.00 bits per heavy atom. The summed E-state index contributed by atoms with van der Waals surface area (Å²) in [5, 5.41) is 2.46. The first-order valence-electron chi connectivity index (χ1n) is 4.27. The minimum atomic E-state index is -0.578. The molecule has 0 aromatic heterocycles. The third kappa shape index (κ3) is 2.73. The SMILES string of the molecule is CNC(=O)[C@H](C)Oc1ccc(F)cc1. The van der Waals surface area contributed by atoms with Gasteiger partial charge < -0.3 is 10.1 Å². The van der Waals surface area contributed by atoms with Crippen LogP contribution in [0.2, 0.25) is 0 Å². The van der Waals surface area contributed by atoms with Crippen LogP contribution in [0.25, 0.3) is 0 Å². The molecule has 0 aliphatic carbocycles. The van der Waals surface area contributed by atoms with E-state index in [1.165, 1.54) is 31.3 Å². The van der Waals surface area contributed by atoms with Crippen molar-refractivity contribution in [2.45, 2.75) is 13.0 Å². The van der Waals surface area contributed by atoms with Crippen LogP contribution < -0.4 is 10.1 Å². The molecule has 0 unspecified atom stereocenters. The molecule has 1 rings (SSSR count).